The second kappa shape index (κ2) is 6.21. The number of thiazole rings is 1. The largest absolute Gasteiger partial charge is 0.480 e. The molecule has 0 aliphatic heterocycles. The number of carbonyl (C=O) groups is 2. The van der Waals surface area contributed by atoms with Crippen molar-refractivity contribution in [3.63, 3.8) is 0 Å². The number of likely N-dealkylation sites (N-methyl/N-ethyl adjacent to an activating group) is 1. The second-order valence-corrected chi connectivity index (χ2v) is 6.36. The lowest BCUT2D eigenvalue weighted by Crippen LogP contribution is -2.56. The van der Waals surface area contributed by atoms with Gasteiger partial charge >= 0.3 is 12.0 Å². The number of aryl methyl sites for hydroxylation is 1. The first-order valence-corrected chi connectivity index (χ1v) is 7.25. The van der Waals surface area contributed by atoms with Crippen LogP contribution in [0.25, 0.3) is 0 Å². The fraction of sp³-hybridized carbons (Fsp3) is 0.615. The molecule has 0 aliphatic carbocycles. The fourth-order valence-electron chi connectivity index (χ4n) is 1.81. The van der Waals surface area contributed by atoms with Gasteiger partial charge in [0, 0.05) is 17.6 Å². The fourth-order valence-corrected chi connectivity index (χ4v) is 2.58. The van der Waals surface area contributed by atoms with Crippen LogP contribution in [0, 0.1) is 6.92 Å². The van der Waals surface area contributed by atoms with Crippen LogP contribution >= 0.6 is 11.3 Å². The Morgan fingerprint density at radius 1 is 1.55 bits per heavy atom. The van der Waals surface area contributed by atoms with Gasteiger partial charge in [0.15, 0.2) is 0 Å². The van der Waals surface area contributed by atoms with E-state index in [2.05, 4.69) is 10.3 Å². The molecule has 0 spiro atoms. The van der Waals surface area contributed by atoms with Gasteiger partial charge in [-0.25, -0.2) is 14.6 Å². The van der Waals surface area contributed by atoms with E-state index < -0.39 is 17.5 Å². The molecular formula is C13H21N3O3S. The number of aromatic nitrogens is 1. The summed E-state index contributed by atoms with van der Waals surface area (Å²) in [6.07, 6.45) is 1.75. The summed E-state index contributed by atoms with van der Waals surface area (Å²) in [5.74, 6) is -1.03. The maximum absolute atomic E-state index is 12.2. The summed E-state index contributed by atoms with van der Waals surface area (Å²) < 4.78 is 0. The number of hydrogen-bond acceptors (Lipinski definition) is 4. The van der Waals surface area contributed by atoms with E-state index in [1.807, 2.05) is 13.8 Å². The van der Waals surface area contributed by atoms with Crippen LogP contribution in [-0.2, 0) is 4.79 Å². The molecule has 0 saturated carbocycles. The van der Waals surface area contributed by atoms with Gasteiger partial charge < -0.3 is 15.3 Å². The van der Waals surface area contributed by atoms with Gasteiger partial charge in [-0.3, -0.25) is 0 Å². The highest BCUT2D eigenvalue weighted by atomic mass is 32.1. The van der Waals surface area contributed by atoms with Gasteiger partial charge in [-0.05, 0) is 34.6 Å². The summed E-state index contributed by atoms with van der Waals surface area (Å²) in [4.78, 5) is 30.1. The van der Waals surface area contributed by atoms with Gasteiger partial charge in [0.05, 0.1) is 6.04 Å². The van der Waals surface area contributed by atoms with E-state index in [1.165, 1.54) is 30.1 Å². The van der Waals surface area contributed by atoms with Crippen molar-refractivity contribution in [2.24, 2.45) is 0 Å². The number of hydrogen-bond donors (Lipinski definition) is 2. The van der Waals surface area contributed by atoms with Crippen molar-refractivity contribution in [1.82, 2.24) is 15.2 Å². The molecule has 1 atom stereocenters. The van der Waals surface area contributed by atoms with Gasteiger partial charge in [0.2, 0.25) is 0 Å². The first kappa shape index (κ1) is 16.4. The van der Waals surface area contributed by atoms with E-state index in [9.17, 15) is 14.7 Å². The summed E-state index contributed by atoms with van der Waals surface area (Å²) in [6.45, 7) is 8.86. The minimum atomic E-state index is -1.25. The highest BCUT2D eigenvalue weighted by molar-refractivity contribution is 7.11. The summed E-state index contributed by atoms with van der Waals surface area (Å²) >= 11 is 1.51. The van der Waals surface area contributed by atoms with Crippen molar-refractivity contribution in [1.29, 1.82) is 0 Å². The number of carboxylic acids is 1. The zero-order chi connectivity index (χ0) is 15.5. The lowest BCUT2D eigenvalue weighted by atomic mass is 10.0. The van der Waals surface area contributed by atoms with Crippen molar-refractivity contribution in [3.05, 3.63) is 16.1 Å². The molecular weight excluding hydrogens is 278 g/mol. The van der Waals surface area contributed by atoms with E-state index in [-0.39, 0.29) is 6.04 Å². The van der Waals surface area contributed by atoms with E-state index in [0.717, 1.165) is 9.88 Å². The predicted octanol–water partition coefficient (Wildman–Crippen LogP) is 2.41. The topological polar surface area (TPSA) is 82.5 Å². The third-order valence-electron chi connectivity index (χ3n) is 3.11. The third kappa shape index (κ3) is 3.47. The highest BCUT2D eigenvalue weighted by Crippen LogP contribution is 2.20. The van der Waals surface area contributed by atoms with Crippen molar-refractivity contribution in [3.8, 4) is 0 Å². The predicted molar refractivity (Wildman–Crippen MR) is 77.9 cm³/mol. The van der Waals surface area contributed by atoms with Crippen LogP contribution in [0.1, 0.15) is 43.6 Å². The molecule has 1 aromatic rings. The van der Waals surface area contributed by atoms with Crippen LogP contribution in [-0.4, -0.2) is 39.1 Å². The second-order valence-electron chi connectivity index (χ2n) is 5.09. The highest BCUT2D eigenvalue weighted by Gasteiger charge is 2.37. The Kier molecular flexibility index (Phi) is 5.10. The summed E-state index contributed by atoms with van der Waals surface area (Å²) in [6, 6.07) is -0.653. The van der Waals surface area contributed by atoms with Crippen LogP contribution in [0.3, 0.4) is 0 Å². The minimum Gasteiger partial charge on any atom is -0.480 e. The Balaban J connectivity index is 2.80. The van der Waals surface area contributed by atoms with Crippen molar-refractivity contribution < 1.29 is 14.7 Å². The molecule has 0 aliphatic rings. The first-order valence-electron chi connectivity index (χ1n) is 6.44. The average Bonchev–Trinajstić information content (AvgIpc) is 2.76. The monoisotopic (exact) mass is 299 g/mol. The van der Waals surface area contributed by atoms with Gasteiger partial charge in [0.1, 0.15) is 10.5 Å². The molecule has 0 fully saturated rings. The maximum Gasteiger partial charge on any atom is 0.329 e. The zero-order valence-corrected chi connectivity index (χ0v) is 13.2. The molecule has 112 valence electrons. The Bertz CT molecular complexity index is 499. The van der Waals surface area contributed by atoms with E-state index in [1.54, 1.807) is 13.1 Å². The van der Waals surface area contributed by atoms with Crippen molar-refractivity contribution in [2.75, 3.05) is 6.54 Å². The molecule has 0 aromatic carbocycles. The van der Waals surface area contributed by atoms with Crippen molar-refractivity contribution >= 4 is 23.3 Å². The number of amides is 2. The molecule has 6 nitrogen and oxygen atoms in total. The number of urea groups is 1. The molecule has 1 unspecified atom stereocenters. The number of nitrogens with zero attached hydrogens (tertiary/aromatic N) is 2. The number of aliphatic carboxylic acids is 1. The smallest absolute Gasteiger partial charge is 0.329 e. The average molecular weight is 299 g/mol. The zero-order valence-electron chi connectivity index (χ0n) is 12.4. The molecule has 2 N–H and O–H groups in total. The van der Waals surface area contributed by atoms with E-state index in [4.69, 9.17) is 0 Å². The van der Waals surface area contributed by atoms with Crippen LogP contribution in [0.15, 0.2) is 6.20 Å². The van der Waals surface area contributed by atoms with Crippen LogP contribution < -0.4 is 5.32 Å². The standard InChI is InChI=1S/C13H21N3O3S/c1-6-16(13(4,5)11(17)18)12(19)15-9(3)10-14-7-8(2)20-10/h7,9H,6H2,1-5H3,(H,15,19)(H,17,18). The lowest BCUT2D eigenvalue weighted by Gasteiger charge is -2.34. The SMILES string of the molecule is CCN(C(=O)NC(C)c1ncc(C)s1)C(C)(C)C(=O)O. The number of rotatable bonds is 5. The molecule has 7 heteroatoms. The molecule has 1 heterocycles. The van der Waals surface area contributed by atoms with E-state index >= 15 is 0 Å². The van der Waals surface area contributed by atoms with Crippen LogP contribution in [0.2, 0.25) is 0 Å². The third-order valence-corrected chi connectivity index (χ3v) is 4.20. The number of carboxylic acid groups (broad SMARTS) is 1. The van der Waals surface area contributed by atoms with Crippen LogP contribution in [0.4, 0.5) is 4.79 Å². The van der Waals surface area contributed by atoms with Gasteiger partial charge in [0.25, 0.3) is 0 Å². The Morgan fingerprint density at radius 2 is 2.15 bits per heavy atom. The first-order chi connectivity index (χ1) is 9.20. The molecule has 0 radical (unpaired) electrons. The molecule has 20 heavy (non-hydrogen) atoms. The number of carbonyl (C=O) groups excluding carboxylic acids is 1. The number of nitrogens with one attached hydrogen (secondary N) is 1. The van der Waals surface area contributed by atoms with Crippen molar-refractivity contribution in [2.45, 2.75) is 46.2 Å². The summed E-state index contributed by atoms with van der Waals surface area (Å²) in [5.41, 5.74) is -1.25. The van der Waals surface area contributed by atoms with Gasteiger partial charge in [-0.15, -0.1) is 11.3 Å². The van der Waals surface area contributed by atoms with Gasteiger partial charge in [-0.2, -0.15) is 0 Å². The van der Waals surface area contributed by atoms with Crippen LogP contribution in [0.5, 0.6) is 0 Å². The normalized spacial score (nSPS) is 12.8. The molecule has 2 amide bonds. The molecule has 0 bridgehead atoms. The Hall–Kier alpha value is -1.63. The Morgan fingerprint density at radius 3 is 2.55 bits per heavy atom. The lowest BCUT2D eigenvalue weighted by molar-refractivity contribution is -0.147. The quantitative estimate of drug-likeness (QED) is 0.874. The molecule has 1 rings (SSSR count). The maximum atomic E-state index is 12.2. The van der Waals surface area contributed by atoms with E-state index in [0.29, 0.717) is 6.54 Å². The minimum absolute atomic E-state index is 0.250. The molecule has 1 aromatic heterocycles. The molecule has 0 saturated heterocycles. The Labute approximate surface area is 122 Å². The summed E-state index contributed by atoms with van der Waals surface area (Å²) in [7, 11) is 0. The summed E-state index contributed by atoms with van der Waals surface area (Å²) in [5, 5.41) is 12.8. The van der Waals surface area contributed by atoms with Gasteiger partial charge in [-0.1, -0.05) is 0 Å².